The first kappa shape index (κ1) is 13.5. The number of aryl methyl sites for hydroxylation is 2. The largest absolute Gasteiger partial charge is 0.466 e. The molecule has 0 radical (unpaired) electrons. The van der Waals surface area contributed by atoms with Gasteiger partial charge in [-0.2, -0.15) is 0 Å². The lowest BCUT2D eigenvalue weighted by molar-refractivity contribution is -0.148. The van der Waals surface area contributed by atoms with E-state index < -0.39 is 0 Å². The van der Waals surface area contributed by atoms with Crippen LogP contribution in [0, 0.1) is 5.92 Å². The molecule has 4 heteroatoms. The van der Waals surface area contributed by atoms with Gasteiger partial charge in [0.15, 0.2) is 0 Å². The molecule has 1 aliphatic rings. The van der Waals surface area contributed by atoms with Gasteiger partial charge in [-0.05, 0) is 32.6 Å². The number of thiazole rings is 1. The Hall–Kier alpha value is -0.900. The van der Waals surface area contributed by atoms with E-state index in [-0.39, 0.29) is 11.9 Å². The minimum absolute atomic E-state index is 0.0265. The lowest BCUT2D eigenvalue weighted by Crippen LogP contribution is -2.24. The minimum Gasteiger partial charge on any atom is -0.466 e. The number of esters is 1. The maximum Gasteiger partial charge on any atom is 0.309 e. The van der Waals surface area contributed by atoms with Crippen molar-refractivity contribution in [1.29, 1.82) is 0 Å². The summed E-state index contributed by atoms with van der Waals surface area (Å²) in [6.07, 6.45) is 6.17. The van der Waals surface area contributed by atoms with Crippen LogP contribution in [0.2, 0.25) is 0 Å². The molecule has 1 aromatic heterocycles. The number of ether oxygens (including phenoxy) is 1. The van der Waals surface area contributed by atoms with Crippen LogP contribution >= 0.6 is 11.3 Å². The van der Waals surface area contributed by atoms with Crippen molar-refractivity contribution in [1.82, 2.24) is 4.98 Å². The minimum atomic E-state index is -0.0498. The normalized spacial score (nSPS) is 18.4. The van der Waals surface area contributed by atoms with Crippen molar-refractivity contribution in [3.63, 3.8) is 0 Å². The van der Waals surface area contributed by atoms with Crippen molar-refractivity contribution in [2.24, 2.45) is 5.92 Å². The first-order valence-electron chi connectivity index (χ1n) is 6.88. The number of hydrogen-bond acceptors (Lipinski definition) is 4. The van der Waals surface area contributed by atoms with Gasteiger partial charge >= 0.3 is 5.97 Å². The van der Waals surface area contributed by atoms with Gasteiger partial charge in [0, 0.05) is 11.3 Å². The number of hydrogen-bond donors (Lipinski definition) is 0. The van der Waals surface area contributed by atoms with Gasteiger partial charge in [0.05, 0.1) is 23.2 Å². The Balaban J connectivity index is 2.00. The lowest BCUT2D eigenvalue weighted by atomic mass is 9.91. The fraction of sp³-hybridized carbons (Fsp3) is 0.714. The average molecular weight is 267 g/mol. The Morgan fingerprint density at radius 2 is 2.33 bits per heavy atom. The molecule has 0 fully saturated rings. The molecule has 1 aromatic rings. The van der Waals surface area contributed by atoms with Crippen molar-refractivity contribution >= 4 is 17.3 Å². The van der Waals surface area contributed by atoms with Crippen LogP contribution in [0.4, 0.5) is 0 Å². The number of rotatable bonds is 5. The highest BCUT2D eigenvalue weighted by molar-refractivity contribution is 7.11. The highest BCUT2D eigenvalue weighted by Gasteiger charge is 2.28. The lowest BCUT2D eigenvalue weighted by Gasteiger charge is -2.19. The van der Waals surface area contributed by atoms with Crippen molar-refractivity contribution in [2.75, 3.05) is 6.61 Å². The Bertz CT molecular complexity index is 414. The summed E-state index contributed by atoms with van der Waals surface area (Å²) < 4.78 is 5.10. The van der Waals surface area contributed by atoms with Crippen molar-refractivity contribution < 1.29 is 9.53 Å². The summed E-state index contributed by atoms with van der Waals surface area (Å²) in [7, 11) is 0. The van der Waals surface area contributed by atoms with Gasteiger partial charge in [-0.15, -0.1) is 11.3 Å². The summed E-state index contributed by atoms with van der Waals surface area (Å²) in [5.74, 6) is -0.0233. The van der Waals surface area contributed by atoms with Crippen LogP contribution in [0.3, 0.4) is 0 Å². The topological polar surface area (TPSA) is 39.2 Å². The Kier molecular flexibility index (Phi) is 4.75. The predicted octanol–water partition coefficient (Wildman–Crippen LogP) is 3.15. The zero-order chi connectivity index (χ0) is 13.0. The van der Waals surface area contributed by atoms with Crippen molar-refractivity contribution in [3.8, 4) is 0 Å². The highest BCUT2D eigenvalue weighted by Crippen LogP contribution is 2.31. The third kappa shape index (κ3) is 3.10. The first-order chi connectivity index (χ1) is 8.74. The van der Waals surface area contributed by atoms with Crippen LogP contribution in [-0.4, -0.2) is 17.6 Å². The van der Waals surface area contributed by atoms with E-state index in [0.717, 1.165) is 31.4 Å². The fourth-order valence-electron chi connectivity index (χ4n) is 2.33. The van der Waals surface area contributed by atoms with Gasteiger partial charge in [0.1, 0.15) is 0 Å². The monoisotopic (exact) mass is 267 g/mol. The van der Waals surface area contributed by atoms with E-state index in [4.69, 9.17) is 9.72 Å². The molecule has 0 amide bonds. The van der Waals surface area contributed by atoms with E-state index in [9.17, 15) is 4.79 Å². The van der Waals surface area contributed by atoms with Crippen LogP contribution in [0.1, 0.15) is 48.7 Å². The third-order valence-corrected chi connectivity index (χ3v) is 4.56. The summed E-state index contributed by atoms with van der Waals surface area (Å²) in [5, 5.41) is 1.24. The van der Waals surface area contributed by atoms with E-state index in [1.807, 2.05) is 18.3 Å². The van der Waals surface area contributed by atoms with Crippen LogP contribution in [0.5, 0.6) is 0 Å². The van der Waals surface area contributed by atoms with E-state index in [1.165, 1.54) is 22.7 Å². The molecule has 0 spiro atoms. The maximum atomic E-state index is 11.7. The molecule has 0 aromatic carbocycles. The molecule has 1 unspecified atom stereocenters. The smallest absolute Gasteiger partial charge is 0.309 e. The molecule has 18 heavy (non-hydrogen) atoms. The summed E-state index contributed by atoms with van der Waals surface area (Å²) >= 11 is 1.84. The second-order valence-corrected chi connectivity index (χ2v) is 5.94. The van der Waals surface area contributed by atoms with Gasteiger partial charge in [-0.1, -0.05) is 13.3 Å². The van der Waals surface area contributed by atoms with Crippen LogP contribution in [0.25, 0.3) is 0 Å². The molecule has 1 atom stereocenters. The van der Waals surface area contributed by atoms with Crippen LogP contribution < -0.4 is 0 Å². The molecule has 0 saturated carbocycles. The third-order valence-electron chi connectivity index (χ3n) is 3.35. The quantitative estimate of drug-likeness (QED) is 0.769. The van der Waals surface area contributed by atoms with E-state index in [1.54, 1.807) is 0 Å². The summed E-state index contributed by atoms with van der Waals surface area (Å²) in [4.78, 5) is 17.8. The standard InChI is InChI=1S/C14H21NO2S/c1-3-5-6-13-15-11-9-10(14(16)17-4-2)7-8-12(11)18-13/h10H,3-9H2,1-2H3. The van der Waals surface area contributed by atoms with E-state index in [2.05, 4.69) is 6.92 Å². The summed E-state index contributed by atoms with van der Waals surface area (Å²) in [6, 6.07) is 0. The van der Waals surface area contributed by atoms with Gasteiger partial charge in [0.25, 0.3) is 0 Å². The fourth-order valence-corrected chi connectivity index (χ4v) is 3.48. The number of nitrogens with zero attached hydrogens (tertiary/aromatic N) is 1. The number of carbonyl (C=O) groups is 1. The summed E-state index contributed by atoms with van der Waals surface area (Å²) in [6.45, 7) is 4.53. The molecule has 0 N–H and O–H groups in total. The molecule has 0 aliphatic heterocycles. The van der Waals surface area contributed by atoms with Gasteiger partial charge < -0.3 is 4.74 Å². The van der Waals surface area contributed by atoms with Gasteiger partial charge in [-0.3, -0.25) is 4.79 Å². The summed E-state index contributed by atoms with van der Waals surface area (Å²) in [5.41, 5.74) is 1.15. The second-order valence-electron chi connectivity index (χ2n) is 4.77. The Morgan fingerprint density at radius 1 is 1.50 bits per heavy atom. The zero-order valence-corrected chi connectivity index (χ0v) is 12.0. The number of unbranched alkanes of at least 4 members (excludes halogenated alkanes) is 1. The SMILES string of the molecule is CCCCc1nc2c(s1)CCC(C(=O)OCC)C2. The second kappa shape index (κ2) is 6.32. The van der Waals surface area contributed by atoms with E-state index in [0.29, 0.717) is 6.61 Å². The van der Waals surface area contributed by atoms with Crippen LogP contribution in [-0.2, 0) is 28.8 Å². The highest BCUT2D eigenvalue weighted by atomic mass is 32.1. The molecule has 2 rings (SSSR count). The van der Waals surface area contributed by atoms with E-state index >= 15 is 0 Å². The molecule has 100 valence electrons. The molecular formula is C14H21NO2S. The number of aromatic nitrogens is 1. The number of carbonyl (C=O) groups excluding carboxylic acids is 1. The van der Waals surface area contributed by atoms with Gasteiger partial charge in [-0.25, -0.2) is 4.98 Å². The number of fused-ring (bicyclic) bond motifs is 1. The zero-order valence-electron chi connectivity index (χ0n) is 11.2. The molecule has 1 heterocycles. The molecule has 0 bridgehead atoms. The van der Waals surface area contributed by atoms with Crippen LogP contribution in [0.15, 0.2) is 0 Å². The first-order valence-corrected chi connectivity index (χ1v) is 7.70. The Morgan fingerprint density at radius 3 is 3.06 bits per heavy atom. The molecular weight excluding hydrogens is 246 g/mol. The maximum absolute atomic E-state index is 11.7. The van der Waals surface area contributed by atoms with Gasteiger partial charge in [0.2, 0.25) is 0 Å². The predicted molar refractivity (Wildman–Crippen MR) is 72.9 cm³/mol. The van der Waals surface area contributed by atoms with Crippen molar-refractivity contribution in [2.45, 2.75) is 52.4 Å². The average Bonchev–Trinajstić information content (AvgIpc) is 2.78. The molecule has 0 saturated heterocycles. The Labute approximate surface area is 113 Å². The molecule has 3 nitrogen and oxygen atoms in total. The van der Waals surface area contributed by atoms with Crippen molar-refractivity contribution in [3.05, 3.63) is 15.6 Å². The molecule has 1 aliphatic carbocycles.